The third kappa shape index (κ3) is 6.07. The Kier molecular flexibility index (Phi) is 6.45. The van der Waals surface area contributed by atoms with Crippen LogP contribution in [0.1, 0.15) is 48.0 Å². The van der Waals surface area contributed by atoms with Gasteiger partial charge in [0.25, 0.3) is 0 Å². The lowest BCUT2D eigenvalue weighted by Gasteiger charge is -2.29. The molecule has 1 fully saturated rings. The Labute approximate surface area is 144 Å². The Morgan fingerprint density at radius 1 is 1.16 bits per heavy atom. The second-order valence-electron chi connectivity index (χ2n) is 6.57. The average Bonchev–Trinajstić information content (AvgIpc) is 2.54. The van der Waals surface area contributed by atoms with Crippen molar-refractivity contribution in [1.29, 1.82) is 0 Å². The topological polar surface area (TPSA) is 66.4 Å². The van der Waals surface area contributed by atoms with E-state index in [0.29, 0.717) is 25.8 Å². The third-order valence-corrected chi connectivity index (χ3v) is 4.69. The summed E-state index contributed by atoms with van der Waals surface area (Å²) in [6, 6.07) is 6.51. The van der Waals surface area contributed by atoms with Gasteiger partial charge in [0.2, 0.25) is 5.91 Å². The number of amides is 1. The number of halogens is 3. The van der Waals surface area contributed by atoms with Crippen LogP contribution in [0.3, 0.4) is 0 Å². The Morgan fingerprint density at radius 2 is 1.84 bits per heavy atom. The highest BCUT2D eigenvalue weighted by atomic mass is 19.4. The highest BCUT2D eigenvalue weighted by Crippen LogP contribution is 2.40. The van der Waals surface area contributed by atoms with Gasteiger partial charge in [0.05, 0.1) is 11.5 Å². The molecule has 1 aromatic carbocycles. The summed E-state index contributed by atoms with van der Waals surface area (Å²) in [4.78, 5) is 22.8. The van der Waals surface area contributed by atoms with Crippen LogP contribution in [0.2, 0.25) is 0 Å². The Hall–Kier alpha value is -2.05. The first kappa shape index (κ1) is 19.3. The first-order chi connectivity index (χ1) is 11.8. The van der Waals surface area contributed by atoms with E-state index < -0.39 is 18.1 Å². The SMILES string of the molecule is O=C(CC1CCC(C(F)(F)F)CC1)NCCc1cccc(C(=O)O)c1. The molecule has 4 nitrogen and oxygen atoms in total. The largest absolute Gasteiger partial charge is 0.478 e. The van der Waals surface area contributed by atoms with Crippen molar-refractivity contribution in [3.63, 3.8) is 0 Å². The van der Waals surface area contributed by atoms with Gasteiger partial charge in [-0.3, -0.25) is 4.79 Å². The van der Waals surface area contributed by atoms with Crippen LogP contribution in [-0.2, 0) is 11.2 Å². The molecule has 1 aromatic rings. The van der Waals surface area contributed by atoms with Crippen molar-refractivity contribution in [3.05, 3.63) is 35.4 Å². The number of aromatic carboxylic acids is 1. The zero-order chi connectivity index (χ0) is 18.4. The molecular weight excluding hydrogens is 335 g/mol. The van der Waals surface area contributed by atoms with Crippen LogP contribution in [0.15, 0.2) is 24.3 Å². The molecule has 0 spiro atoms. The lowest BCUT2D eigenvalue weighted by molar-refractivity contribution is -0.184. The van der Waals surface area contributed by atoms with Crippen LogP contribution < -0.4 is 5.32 Å². The highest BCUT2D eigenvalue weighted by molar-refractivity contribution is 5.87. The number of alkyl halides is 3. The second-order valence-corrected chi connectivity index (χ2v) is 6.57. The normalized spacial score (nSPS) is 20.9. The van der Waals surface area contributed by atoms with E-state index in [9.17, 15) is 22.8 Å². The summed E-state index contributed by atoms with van der Waals surface area (Å²) < 4.78 is 37.9. The Balaban J connectivity index is 1.70. The highest BCUT2D eigenvalue weighted by Gasteiger charge is 2.41. The molecule has 1 aliphatic carbocycles. The van der Waals surface area contributed by atoms with Crippen LogP contribution in [0.4, 0.5) is 13.2 Å². The van der Waals surface area contributed by atoms with Gasteiger partial charge in [-0.25, -0.2) is 4.79 Å². The quantitative estimate of drug-likeness (QED) is 0.814. The van der Waals surface area contributed by atoms with E-state index in [-0.39, 0.29) is 36.7 Å². The summed E-state index contributed by atoms with van der Waals surface area (Å²) in [5.41, 5.74) is 1.01. The lowest BCUT2D eigenvalue weighted by Crippen LogP contribution is -2.31. The van der Waals surface area contributed by atoms with Gasteiger partial charge < -0.3 is 10.4 Å². The van der Waals surface area contributed by atoms with Gasteiger partial charge in [-0.1, -0.05) is 12.1 Å². The molecule has 0 radical (unpaired) electrons. The summed E-state index contributed by atoms with van der Waals surface area (Å²) in [7, 11) is 0. The average molecular weight is 357 g/mol. The van der Waals surface area contributed by atoms with Crippen molar-refractivity contribution < 1.29 is 27.9 Å². The Bertz CT molecular complexity index is 608. The fraction of sp³-hybridized carbons (Fsp3) is 0.556. The molecule has 0 atom stereocenters. The van der Waals surface area contributed by atoms with Gasteiger partial charge in [-0.15, -0.1) is 0 Å². The van der Waals surface area contributed by atoms with Gasteiger partial charge in [0.15, 0.2) is 0 Å². The molecule has 0 aliphatic heterocycles. The predicted molar refractivity (Wildman–Crippen MR) is 86.2 cm³/mol. The molecule has 138 valence electrons. The van der Waals surface area contributed by atoms with Crippen LogP contribution in [0, 0.1) is 11.8 Å². The minimum Gasteiger partial charge on any atom is -0.478 e. The molecule has 0 saturated heterocycles. The maximum Gasteiger partial charge on any atom is 0.391 e. The first-order valence-electron chi connectivity index (χ1n) is 8.41. The number of carboxylic acids is 1. The minimum absolute atomic E-state index is 0.00828. The molecule has 0 aromatic heterocycles. The summed E-state index contributed by atoms with van der Waals surface area (Å²) in [5.74, 6) is -2.38. The van der Waals surface area contributed by atoms with E-state index >= 15 is 0 Å². The minimum atomic E-state index is -4.13. The van der Waals surface area contributed by atoms with E-state index in [1.54, 1.807) is 18.2 Å². The second kappa shape index (κ2) is 8.36. The zero-order valence-corrected chi connectivity index (χ0v) is 13.8. The molecule has 25 heavy (non-hydrogen) atoms. The van der Waals surface area contributed by atoms with Gasteiger partial charge in [-0.2, -0.15) is 13.2 Å². The van der Waals surface area contributed by atoms with E-state index in [2.05, 4.69) is 5.32 Å². The molecule has 0 unspecified atom stereocenters. The van der Waals surface area contributed by atoms with Gasteiger partial charge in [0, 0.05) is 13.0 Å². The molecule has 2 rings (SSSR count). The smallest absolute Gasteiger partial charge is 0.391 e. The monoisotopic (exact) mass is 357 g/mol. The van der Waals surface area contributed by atoms with Crippen LogP contribution in [-0.4, -0.2) is 29.7 Å². The van der Waals surface area contributed by atoms with Gasteiger partial charge in [0.1, 0.15) is 0 Å². The predicted octanol–water partition coefficient (Wildman–Crippen LogP) is 3.80. The number of carbonyl (C=O) groups is 2. The number of hydrogen-bond donors (Lipinski definition) is 2. The van der Waals surface area contributed by atoms with E-state index in [1.807, 2.05) is 0 Å². The van der Waals surface area contributed by atoms with E-state index in [4.69, 9.17) is 5.11 Å². The standard InChI is InChI=1S/C18H22F3NO3/c19-18(20,21)15-6-4-13(5-7-15)11-16(23)22-9-8-12-2-1-3-14(10-12)17(24)25/h1-3,10,13,15H,4-9,11H2,(H,22,23)(H,24,25). The van der Waals surface area contributed by atoms with Crippen molar-refractivity contribution >= 4 is 11.9 Å². The number of nitrogens with one attached hydrogen (secondary N) is 1. The summed E-state index contributed by atoms with van der Waals surface area (Å²) in [6.07, 6.45) is -2.31. The van der Waals surface area contributed by atoms with Crippen molar-refractivity contribution in [2.75, 3.05) is 6.54 Å². The molecule has 1 saturated carbocycles. The van der Waals surface area contributed by atoms with E-state index in [1.165, 1.54) is 6.07 Å². The van der Waals surface area contributed by atoms with Crippen molar-refractivity contribution in [2.24, 2.45) is 11.8 Å². The van der Waals surface area contributed by atoms with Crippen LogP contribution in [0.5, 0.6) is 0 Å². The van der Waals surface area contributed by atoms with Crippen molar-refractivity contribution in [1.82, 2.24) is 5.32 Å². The van der Waals surface area contributed by atoms with Gasteiger partial charge in [-0.05, 0) is 55.7 Å². The maximum atomic E-state index is 12.6. The first-order valence-corrected chi connectivity index (χ1v) is 8.41. The number of carboxylic acid groups (broad SMARTS) is 1. The number of carbonyl (C=O) groups excluding carboxylic acids is 1. The summed E-state index contributed by atoms with van der Waals surface area (Å²) in [5, 5.41) is 11.7. The molecule has 1 amide bonds. The number of rotatable bonds is 6. The molecule has 0 bridgehead atoms. The van der Waals surface area contributed by atoms with Crippen molar-refractivity contribution in [2.45, 2.75) is 44.7 Å². The number of hydrogen-bond acceptors (Lipinski definition) is 2. The maximum absolute atomic E-state index is 12.6. The third-order valence-electron chi connectivity index (χ3n) is 4.69. The fourth-order valence-electron chi connectivity index (χ4n) is 3.23. The van der Waals surface area contributed by atoms with E-state index in [0.717, 1.165) is 5.56 Å². The zero-order valence-electron chi connectivity index (χ0n) is 13.8. The van der Waals surface area contributed by atoms with Crippen LogP contribution in [0.25, 0.3) is 0 Å². The fourth-order valence-corrected chi connectivity index (χ4v) is 3.23. The molecular formula is C18H22F3NO3. The summed E-state index contributed by atoms with van der Waals surface area (Å²) in [6.45, 7) is 0.375. The van der Waals surface area contributed by atoms with Crippen LogP contribution >= 0.6 is 0 Å². The molecule has 2 N–H and O–H groups in total. The summed E-state index contributed by atoms with van der Waals surface area (Å²) >= 11 is 0. The number of benzene rings is 1. The van der Waals surface area contributed by atoms with Crippen molar-refractivity contribution in [3.8, 4) is 0 Å². The molecule has 7 heteroatoms. The van der Waals surface area contributed by atoms with Gasteiger partial charge >= 0.3 is 12.1 Å². The Morgan fingerprint density at radius 3 is 2.44 bits per heavy atom. The molecule has 0 heterocycles. The lowest BCUT2D eigenvalue weighted by atomic mass is 9.80. The molecule has 1 aliphatic rings.